The first-order valence-corrected chi connectivity index (χ1v) is 7.50. The van der Waals surface area contributed by atoms with Gasteiger partial charge in [-0.3, -0.25) is 0 Å². The van der Waals surface area contributed by atoms with E-state index in [1.54, 1.807) is 0 Å². The third-order valence-electron chi connectivity index (χ3n) is 3.97. The van der Waals surface area contributed by atoms with E-state index < -0.39 is 0 Å². The summed E-state index contributed by atoms with van der Waals surface area (Å²) in [5, 5.41) is 3.57. The maximum absolute atomic E-state index is 4.59. The number of nitrogens with zero attached hydrogens (tertiary/aromatic N) is 2. The summed E-state index contributed by atoms with van der Waals surface area (Å²) in [5.74, 6) is 0. The minimum atomic E-state index is 0.554. The van der Waals surface area contributed by atoms with E-state index in [4.69, 9.17) is 0 Å². The van der Waals surface area contributed by atoms with E-state index in [2.05, 4.69) is 42.0 Å². The fourth-order valence-electron chi connectivity index (χ4n) is 2.97. The molecule has 0 bridgehead atoms. The van der Waals surface area contributed by atoms with Crippen molar-refractivity contribution in [1.29, 1.82) is 0 Å². The molecule has 0 aromatic carbocycles. The average Bonchev–Trinajstić information content (AvgIpc) is 2.80. The van der Waals surface area contributed by atoms with Crippen molar-refractivity contribution in [1.82, 2.24) is 14.9 Å². The van der Waals surface area contributed by atoms with Gasteiger partial charge in [0.25, 0.3) is 0 Å². The topological polar surface area (TPSA) is 29.9 Å². The molecule has 0 fully saturated rings. The zero-order valence-corrected chi connectivity index (χ0v) is 12.1. The standard InChI is InChI=1S/C15H27N3/c1-4-9-16-12(2)10-13(3)18-11-17-14-7-5-6-8-15(14)18/h11-13,16H,4-10H2,1-3H3. The molecule has 2 atom stereocenters. The van der Waals surface area contributed by atoms with Crippen molar-refractivity contribution >= 4 is 0 Å². The van der Waals surface area contributed by atoms with E-state index in [9.17, 15) is 0 Å². The highest BCUT2D eigenvalue weighted by Crippen LogP contribution is 2.24. The van der Waals surface area contributed by atoms with Crippen LogP contribution in [0.2, 0.25) is 0 Å². The summed E-state index contributed by atoms with van der Waals surface area (Å²) in [4.78, 5) is 4.59. The molecule has 1 N–H and O–H groups in total. The first-order valence-electron chi connectivity index (χ1n) is 7.50. The van der Waals surface area contributed by atoms with Gasteiger partial charge in [-0.25, -0.2) is 4.98 Å². The van der Waals surface area contributed by atoms with Crippen molar-refractivity contribution < 1.29 is 0 Å². The van der Waals surface area contributed by atoms with Crippen molar-refractivity contribution in [2.75, 3.05) is 6.54 Å². The summed E-state index contributed by atoms with van der Waals surface area (Å²) in [5.41, 5.74) is 2.85. The molecule has 0 aliphatic heterocycles. The van der Waals surface area contributed by atoms with E-state index in [-0.39, 0.29) is 0 Å². The predicted molar refractivity (Wildman–Crippen MR) is 76.0 cm³/mol. The fraction of sp³-hybridized carbons (Fsp3) is 0.800. The van der Waals surface area contributed by atoms with Crippen LogP contribution in [0.15, 0.2) is 6.33 Å². The Labute approximate surface area is 111 Å². The molecule has 0 spiro atoms. The van der Waals surface area contributed by atoms with Crippen LogP contribution >= 0.6 is 0 Å². The van der Waals surface area contributed by atoms with Gasteiger partial charge >= 0.3 is 0 Å². The molecule has 1 aliphatic carbocycles. The second kappa shape index (κ2) is 6.37. The number of aryl methyl sites for hydroxylation is 1. The Hall–Kier alpha value is -0.830. The smallest absolute Gasteiger partial charge is 0.0954 e. The summed E-state index contributed by atoms with van der Waals surface area (Å²) in [7, 11) is 0. The summed E-state index contributed by atoms with van der Waals surface area (Å²) < 4.78 is 2.42. The number of imidazole rings is 1. The summed E-state index contributed by atoms with van der Waals surface area (Å²) >= 11 is 0. The van der Waals surface area contributed by atoms with Gasteiger partial charge in [0.15, 0.2) is 0 Å². The zero-order valence-electron chi connectivity index (χ0n) is 12.1. The molecule has 0 radical (unpaired) electrons. The molecule has 2 unspecified atom stereocenters. The summed E-state index contributed by atoms with van der Waals surface area (Å²) in [6.07, 6.45) is 9.49. The van der Waals surface area contributed by atoms with Crippen molar-refractivity contribution in [3.8, 4) is 0 Å². The van der Waals surface area contributed by atoms with Crippen LogP contribution in [0.25, 0.3) is 0 Å². The van der Waals surface area contributed by atoms with Crippen LogP contribution in [-0.2, 0) is 12.8 Å². The third kappa shape index (κ3) is 3.14. The first-order chi connectivity index (χ1) is 8.72. The van der Waals surface area contributed by atoms with Crippen LogP contribution in [0.3, 0.4) is 0 Å². The van der Waals surface area contributed by atoms with E-state index >= 15 is 0 Å². The van der Waals surface area contributed by atoms with Crippen LogP contribution in [0.5, 0.6) is 0 Å². The van der Waals surface area contributed by atoms with Gasteiger partial charge in [-0.2, -0.15) is 0 Å². The molecular weight excluding hydrogens is 222 g/mol. The monoisotopic (exact) mass is 249 g/mol. The molecule has 102 valence electrons. The molecule has 0 saturated carbocycles. The number of nitrogens with one attached hydrogen (secondary N) is 1. The van der Waals surface area contributed by atoms with Gasteiger partial charge < -0.3 is 9.88 Å². The van der Waals surface area contributed by atoms with Gasteiger partial charge in [-0.15, -0.1) is 0 Å². The minimum Gasteiger partial charge on any atom is -0.331 e. The summed E-state index contributed by atoms with van der Waals surface area (Å²) in [6, 6.07) is 1.14. The Bertz CT molecular complexity index is 370. The van der Waals surface area contributed by atoms with Gasteiger partial charge in [0, 0.05) is 17.8 Å². The second-order valence-corrected chi connectivity index (χ2v) is 5.69. The largest absolute Gasteiger partial charge is 0.331 e. The van der Waals surface area contributed by atoms with Gasteiger partial charge in [0.05, 0.1) is 12.0 Å². The zero-order chi connectivity index (χ0) is 13.0. The van der Waals surface area contributed by atoms with Gasteiger partial charge in [-0.05, 0) is 58.9 Å². The molecule has 1 aromatic heterocycles. The SMILES string of the molecule is CCCNC(C)CC(C)n1cnc2c1CCCC2. The Morgan fingerprint density at radius 1 is 1.33 bits per heavy atom. The summed E-state index contributed by atoms with van der Waals surface area (Å²) in [6.45, 7) is 7.95. The Kier molecular flexibility index (Phi) is 4.81. The van der Waals surface area contributed by atoms with Crippen molar-refractivity contribution in [2.24, 2.45) is 0 Å². The number of hydrogen-bond acceptors (Lipinski definition) is 2. The quantitative estimate of drug-likeness (QED) is 0.839. The van der Waals surface area contributed by atoms with Gasteiger partial charge in [0.2, 0.25) is 0 Å². The Balaban J connectivity index is 1.96. The van der Waals surface area contributed by atoms with Crippen LogP contribution in [0, 0.1) is 0 Å². The van der Waals surface area contributed by atoms with E-state index in [1.165, 1.54) is 49.9 Å². The van der Waals surface area contributed by atoms with Crippen LogP contribution in [0.1, 0.15) is 63.9 Å². The Morgan fingerprint density at radius 3 is 2.89 bits per heavy atom. The Morgan fingerprint density at radius 2 is 2.11 bits per heavy atom. The maximum Gasteiger partial charge on any atom is 0.0954 e. The highest BCUT2D eigenvalue weighted by molar-refractivity contribution is 5.17. The van der Waals surface area contributed by atoms with Crippen molar-refractivity contribution in [3.63, 3.8) is 0 Å². The van der Waals surface area contributed by atoms with Crippen LogP contribution in [-0.4, -0.2) is 22.1 Å². The van der Waals surface area contributed by atoms with Crippen LogP contribution in [0.4, 0.5) is 0 Å². The normalized spacial score (nSPS) is 18.4. The molecule has 1 aliphatic rings. The highest BCUT2D eigenvalue weighted by atomic mass is 15.1. The first kappa shape index (κ1) is 13.6. The van der Waals surface area contributed by atoms with Crippen molar-refractivity contribution in [2.45, 2.75) is 71.4 Å². The lowest BCUT2D eigenvalue weighted by Gasteiger charge is -2.23. The lowest BCUT2D eigenvalue weighted by atomic mass is 10.00. The second-order valence-electron chi connectivity index (χ2n) is 5.69. The lowest BCUT2D eigenvalue weighted by molar-refractivity contribution is 0.403. The minimum absolute atomic E-state index is 0.554. The molecule has 1 heterocycles. The maximum atomic E-state index is 4.59. The molecule has 2 rings (SSSR count). The molecule has 18 heavy (non-hydrogen) atoms. The van der Waals surface area contributed by atoms with Gasteiger partial charge in [-0.1, -0.05) is 6.92 Å². The third-order valence-corrected chi connectivity index (χ3v) is 3.97. The number of rotatable bonds is 6. The molecule has 0 saturated heterocycles. The number of fused-ring (bicyclic) bond motifs is 1. The van der Waals surface area contributed by atoms with Crippen molar-refractivity contribution in [3.05, 3.63) is 17.7 Å². The number of hydrogen-bond donors (Lipinski definition) is 1. The highest BCUT2D eigenvalue weighted by Gasteiger charge is 2.19. The molecule has 3 nitrogen and oxygen atoms in total. The predicted octanol–water partition coefficient (Wildman–Crippen LogP) is 3.10. The van der Waals surface area contributed by atoms with E-state index in [1.807, 2.05) is 0 Å². The number of aromatic nitrogens is 2. The fourth-order valence-corrected chi connectivity index (χ4v) is 2.97. The van der Waals surface area contributed by atoms with Crippen LogP contribution < -0.4 is 5.32 Å². The molecule has 3 heteroatoms. The molecule has 0 amide bonds. The lowest BCUT2D eigenvalue weighted by Crippen LogP contribution is -2.29. The van der Waals surface area contributed by atoms with Gasteiger partial charge in [0.1, 0.15) is 0 Å². The molecule has 1 aromatic rings. The van der Waals surface area contributed by atoms with E-state index in [0.717, 1.165) is 6.54 Å². The molecular formula is C15H27N3. The average molecular weight is 249 g/mol. The van der Waals surface area contributed by atoms with E-state index in [0.29, 0.717) is 12.1 Å².